The van der Waals surface area contributed by atoms with Crippen molar-refractivity contribution in [1.82, 2.24) is 29.7 Å². The van der Waals surface area contributed by atoms with Crippen molar-refractivity contribution in [3.63, 3.8) is 0 Å². The molecule has 0 saturated carbocycles. The Hall–Kier alpha value is -5.12. The van der Waals surface area contributed by atoms with Crippen LogP contribution in [-0.4, -0.2) is 92.1 Å². The molecule has 0 spiro atoms. The maximum atomic E-state index is 13.9. The van der Waals surface area contributed by atoms with Gasteiger partial charge in [-0.1, -0.05) is 12.1 Å². The van der Waals surface area contributed by atoms with Crippen LogP contribution < -0.4 is 15.4 Å². The number of fused-ring (bicyclic) bond motifs is 1. The van der Waals surface area contributed by atoms with Gasteiger partial charge in [0.25, 0.3) is 11.8 Å². The zero-order valence-corrected chi connectivity index (χ0v) is 22.6. The number of nitrogens with zero attached hydrogens (tertiary/aromatic N) is 4. The summed E-state index contributed by atoms with van der Waals surface area (Å²) in [7, 11) is 0. The minimum Gasteiger partial charge on any atom is -0.494 e. The average Bonchev–Trinajstić information content (AvgIpc) is 3.63. The molecule has 5 rings (SSSR count). The first kappa shape index (κ1) is 29.4. The molecule has 0 unspecified atom stereocenters. The van der Waals surface area contributed by atoms with Crippen LogP contribution in [0, 0.1) is 0 Å². The van der Waals surface area contributed by atoms with E-state index in [4.69, 9.17) is 9.84 Å². The normalized spacial score (nSPS) is 14.1. The van der Waals surface area contributed by atoms with Crippen molar-refractivity contribution < 1.29 is 37.4 Å². The smallest absolute Gasteiger partial charge is 0.418 e. The Kier molecular flexibility index (Phi) is 8.47. The molecule has 1 saturated heterocycles. The summed E-state index contributed by atoms with van der Waals surface area (Å²) >= 11 is 0. The molecule has 16 heteroatoms. The molecule has 13 nitrogen and oxygen atoms in total. The van der Waals surface area contributed by atoms with E-state index in [1.54, 1.807) is 24.3 Å². The number of hydrogen-bond donors (Lipinski definition) is 5. The van der Waals surface area contributed by atoms with E-state index in [9.17, 15) is 27.6 Å². The van der Waals surface area contributed by atoms with Crippen LogP contribution in [0.4, 0.5) is 29.6 Å². The molecule has 0 aliphatic carbocycles. The van der Waals surface area contributed by atoms with Crippen LogP contribution in [0.15, 0.2) is 48.8 Å². The van der Waals surface area contributed by atoms with E-state index in [1.165, 1.54) is 11.0 Å². The van der Waals surface area contributed by atoms with Gasteiger partial charge in [-0.3, -0.25) is 19.8 Å². The van der Waals surface area contributed by atoms with Crippen molar-refractivity contribution in [2.45, 2.75) is 12.6 Å². The van der Waals surface area contributed by atoms with Gasteiger partial charge in [-0.2, -0.15) is 13.2 Å². The van der Waals surface area contributed by atoms with Crippen LogP contribution >= 0.6 is 0 Å². The minimum atomic E-state index is -4.82. The molecule has 5 N–H and O–H groups in total. The number of carboxylic acid groups (broad SMARTS) is 1. The van der Waals surface area contributed by atoms with E-state index in [-0.39, 0.29) is 24.0 Å². The number of piperazine rings is 1. The van der Waals surface area contributed by atoms with Crippen molar-refractivity contribution in [2.75, 3.05) is 50.0 Å². The van der Waals surface area contributed by atoms with Gasteiger partial charge in [-0.15, -0.1) is 0 Å². The molecule has 1 fully saturated rings. The lowest BCUT2D eigenvalue weighted by atomic mass is 10.1. The number of nitrogens with one attached hydrogen (secondary N) is 4. The quantitative estimate of drug-likeness (QED) is 0.180. The van der Waals surface area contributed by atoms with Gasteiger partial charge in [-0.05, 0) is 36.8 Å². The van der Waals surface area contributed by atoms with Gasteiger partial charge in [0.05, 0.1) is 35.2 Å². The van der Waals surface area contributed by atoms with Crippen LogP contribution in [0.1, 0.15) is 33.0 Å². The first-order chi connectivity index (χ1) is 20.6. The molecule has 0 bridgehead atoms. The fourth-order valence-electron chi connectivity index (χ4n) is 4.60. The Morgan fingerprint density at radius 2 is 1.79 bits per heavy atom. The summed E-state index contributed by atoms with van der Waals surface area (Å²) in [6.07, 6.45) is -4.18. The molecular formula is C27H27F3N8O5. The summed E-state index contributed by atoms with van der Waals surface area (Å²) < 4.78 is 47.3. The molecule has 4 aromatic rings. The predicted molar refractivity (Wildman–Crippen MR) is 148 cm³/mol. The SMILES string of the molecule is O=C(Nc1ccc(OCCCN2CCN(C(=O)O)CC2)cc1C(F)(F)F)c1nc[nH]c1C(=O)Nc1nc2ccccc2[nH]1. The number of hydrogen-bond acceptors (Lipinski definition) is 7. The van der Waals surface area contributed by atoms with E-state index in [1.807, 2.05) is 0 Å². The number of alkyl halides is 3. The standard InChI is InChI=1S/C27H27F3N8O5/c28-27(29,30)17-14-16(43-13-3-8-37-9-11-38(12-10-37)26(41)42)6-7-18(17)33-23(39)21-22(32-15-31-21)24(40)36-25-34-19-4-1-2-5-20(19)35-25/h1-2,4-7,14-15H,3,8-13H2,(H,31,32)(H,33,39)(H,41,42)(H2,34,35,36,40). The van der Waals surface area contributed by atoms with Crippen LogP contribution in [-0.2, 0) is 6.18 Å². The number of anilines is 2. The molecule has 226 valence electrons. The molecule has 0 atom stereocenters. The maximum absolute atomic E-state index is 13.9. The van der Waals surface area contributed by atoms with Gasteiger partial charge in [0.15, 0.2) is 5.69 Å². The second-order valence-electron chi connectivity index (χ2n) is 9.66. The van der Waals surface area contributed by atoms with E-state index < -0.39 is 41.0 Å². The highest BCUT2D eigenvalue weighted by Gasteiger charge is 2.35. The summed E-state index contributed by atoms with van der Waals surface area (Å²) in [5, 5.41) is 13.7. The average molecular weight is 601 g/mol. The third kappa shape index (κ3) is 7.03. The Labute approximate surface area is 242 Å². The number of imidazole rings is 2. The molecule has 2 aromatic heterocycles. The molecule has 43 heavy (non-hydrogen) atoms. The Bertz CT molecular complexity index is 1600. The summed E-state index contributed by atoms with van der Waals surface area (Å²) in [4.78, 5) is 53.7. The summed E-state index contributed by atoms with van der Waals surface area (Å²) in [5.74, 6) is -1.72. The summed E-state index contributed by atoms with van der Waals surface area (Å²) in [5.41, 5.74) is -1.08. The highest BCUT2D eigenvalue weighted by atomic mass is 19.4. The number of benzene rings is 2. The van der Waals surface area contributed by atoms with Crippen LogP contribution in [0.3, 0.4) is 0 Å². The Balaban J connectivity index is 1.20. The summed E-state index contributed by atoms with van der Waals surface area (Å²) in [6, 6.07) is 10.2. The number of rotatable bonds is 9. The number of aromatic amines is 2. The van der Waals surface area contributed by atoms with E-state index >= 15 is 0 Å². The molecule has 1 aliphatic heterocycles. The molecule has 0 radical (unpaired) electrons. The van der Waals surface area contributed by atoms with E-state index in [2.05, 4.69) is 35.5 Å². The van der Waals surface area contributed by atoms with E-state index in [0.29, 0.717) is 50.2 Å². The molecule has 2 aromatic carbocycles. The second kappa shape index (κ2) is 12.4. The zero-order chi connectivity index (χ0) is 30.6. The molecule has 3 amide bonds. The number of para-hydroxylation sites is 2. The molecule has 1 aliphatic rings. The Morgan fingerprint density at radius 1 is 1.02 bits per heavy atom. The topological polar surface area (TPSA) is 169 Å². The largest absolute Gasteiger partial charge is 0.494 e. The number of H-pyrrole nitrogens is 2. The highest BCUT2D eigenvalue weighted by Crippen LogP contribution is 2.37. The lowest BCUT2D eigenvalue weighted by Gasteiger charge is -2.32. The van der Waals surface area contributed by atoms with Crippen LogP contribution in [0.5, 0.6) is 5.75 Å². The van der Waals surface area contributed by atoms with Crippen molar-refractivity contribution in [3.05, 3.63) is 65.7 Å². The van der Waals surface area contributed by atoms with Gasteiger partial charge in [0, 0.05) is 32.7 Å². The van der Waals surface area contributed by atoms with Crippen molar-refractivity contribution in [1.29, 1.82) is 0 Å². The van der Waals surface area contributed by atoms with Gasteiger partial charge < -0.3 is 30.0 Å². The lowest BCUT2D eigenvalue weighted by molar-refractivity contribution is -0.137. The number of ether oxygens (including phenoxy) is 1. The fraction of sp³-hybridized carbons (Fsp3) is 0.296. The van der Waals surface area contributed by atoms with Gasteiger partial charge in [-0.25, -0.2) is 14.8 Å². The number of halogens is 3. The third-order valence-electron chi connectivity index (χ3n) is 6.78. The van der Waals surface area contributed by atoms with Crippen LogP contribution in [0.2, 0.25) is 0 Å². The minimum absolute atomic E-state index is 0.0355. The van der Waals surface area contributed by atoms with Gasteiger partial charge in [0.1, 0.15) is 11.4 Å². The summed E-state index contributed by atoms with van der Waals surface area (Å²) in [6.45, 7) is 2.66. The monoisotopic (exact) mass is 600 g/mol. The fourth-order valence-corrected chi connectivity index (χ4v) is 4.60. The molecular weight excluding hydrogens is 573 g/mol. The van der Waals surface area contributed by atoms with Gasteiger partial charge >= 0.3 is 12.3 Å². The number of amides is 3. The zero-order valence-electron chi connectivity index (χ0n) is 22.6. The maximum Gasteiger partial charge on any atom is 0.418 e. The van der Waals surface area contributed by atoms with Gasteiger partial charge in [0.2, 0.25) is 5.95 Å². The third-order valence-corrected chi connectivity index (χ3v) is 6.78. The van der Waals surface area contributed by atoms with E-state index in [0.717, 1.165) is 18.5 Å². The first-order valence-corrected chi connectivity index (χ1v) is 13.2. The van der Waals surface area contributed by atoms with Crippen LogP contribution in [0.25, 0.3) is 11.0 Å². The highest BCUT2D eigenvalue weighted by molar-refractivity contribution is 6.13. The first-order valence-electron chi connectivity index (χ1n) is 13.2. The number of carbonyl (C=O) groups is 3. The number of carbonyl (C=O) groups excluding carboxylic acids is 2. The molecule has 3 heterocycles. The number of aromatic nitrogens is 4. The second-order valence-corrected chi connectivity index (χ2v) is 9.66. The van der Waals surface area contributed by atoms with Crippen molar-refractivity contribution in [3.8, 4) is 5.75 Å². The lowest BCUT2D eigenvalue weighted by Crippen LogP contribution is -2.48. The predicted octanol–water partition coefficient (Wildman–Crippen LogP) is 3.87. The van der Waals surface area contributed by atoms with Crippen molar-refractivity contribution in [2.24, 2.45) is 0 Å². The van der Waals surface area contributed by atoms with Crippen molar-refractivity contribution >= 4 is 40.6 Å². The Morgan fingerprint density at radius 3 is 2.51 bits per heavy atom.